The van der Waals surface area contributed by atoms with Gasteiger partial charge in [-0.2, -0.15) is 8.78 Å². The van der Waals surface area contributed by atoms with E-state index >= 15 is 0 Å². The molecule has 1 aromatic rings. The number of aliphatic imine (C=N–C) groups is 1. The summed E-state index contributed by atoms with van der Waals surface area (Å²) in [5.74, 6) is -0.595. The van der Waals surface area contributed by atoms with E-state index in [9.17, 15) is 13.6 Å². The molecular formula is C16H21F2N5O. The normalized spacial score (nSPS) is 26.1. The molecule has 6 nitrogen and oxygen atoms in total. The van der Waals surface area contributed by atoms with E-state index in [1.54, 1.807) is 19.2 Å². The summed E-state index contributed by atoms with van der Waals surface area (Å²) >= 11 is 0. The molecule has 1 aliphatic rings. The van der Waals surface area contributed by atoms with Gasteiger partial charge in [-0.25, -0.2) is 4.99 Å². The molecule has 8 heteroatoms. The van der Waals surface area contributed by atoms with Crippen molar-refractivity contribution in [1.82, 2.24) is 10.3 Å². The average molecular weight is 337 g/mol. The number of carbonyl (C=O) groups excluding carboxylic acids is 1. The number of rotatable bonds is 1. The minimum atomic E-state index is -2.95. The second kappa shape index (κ2) is 7.96. The fourth-order valence-corrected chi connectivity index (χ4v) is 2.56. The van der Waals surface area contributed by atoms with Gasteiger partial charge in [0.05, 0.1) is 11.4 Å². The number of aromatic nitrogens is 1. The molecule has 5 N–H and O–H groups in total. The molecule has 2 rings (SSSR count). The van der Waals surface area contributed by atoms with Gasteiger partial charge in [-0.1, -0.05) is 13.3 Å². The maximum Gasteiger partial charge on any atom is 0.332 e. The van der Waals surface area contributed by atoms with Crippen LogP contribution in [0.5, 0.6) is 0 Å². The minimum Gasteiger partial charge on any atom is -0.403 e. The van der Waals surface area contributed by atoms with E-state index in [2.05, 4.69) is 15.3 Å². The molecule has 2 atom stereocenters. The molecule has 24 heavy (non-hydrogen) atoms. The molecule has 1 aromatic heterocycles. The standard InChI is InChI=1S/C16H21F2N5O/c1-9-3-2-4-12(20)10-5-11(8-21-7-10)14(23-16(17)18)13(6-19)22-15(9)24/h5-9,12,16H,2-4,19-20H2,1H3,(H,22,24). The molecule has 130 valence electrons. The maximum atomic E-state index is 12.9. The molecule has 0 fully saturated rings. The summed E-state index contributed by atoms with van der Waals surface area (Å²) in [6.45, 7) is -1.18. The first-order chi connectivity index (χ1) is 11.4. The second-order valence-corrected chi connectivity index (χ2v) is 5.77. The topological polar surface area (TPSA) is 106 Å². The molecule has 0 saturated heterocycles. The number of nitrogens with one attached hydrogen (secondary N) is 1. The van der Waals surface area contributed by atoms with Crippen LogP contribution in [0.15, 0.2) is 35.3 Å². The number of halogens is 2. The van der Waals surface area contributed by atoms with Crippen LogP contribution in [0.25, 0.3) is 0 Å². The van der Waals surface area contributed by atoms with E-state index in [0.29, 0.717) is 18.4 Å². The van der Waals surface area contributed by atoms with Crippen molar-refractivity contribution >= 4 is 11.6 Å². The van der Waals surface area contributed by atoms with Crippen LogP contribution in [-0.4, -0.2) is 23.2 Å². The van der Waals surface area contributed by atoms with E-state index in [-0.39, 0.29) is 29.3 Å². The Morgan fingerprint density at radius 3 is 2.83 bits per heavy atom. The number of nitrogens with two attached hydrogens (primary N) is 2. The third kappa shape index (κ3) is 4.35. The zero-order valence-electron chi connectivity index (χ0n) is 13.4. The van der Waals surface area contributed by atoms with Gasteiger partial charge in [0.15, 0.2) is 0 Å². The van der Waals surface area contributed by atoms with Crippen molar-refractivity contribution in [3.8, 4) is 0 Å². The van der Waals surface area contributed by atoms with E-state index < -0.39 is 6.55 Å². The van der Waals surface area contributed by atoms with Gasteiger partial charge in [-0.3, -0.25) is 9.78 Å². The number of allylic oxidation sites excluding steroid dienone is 1. The lowest BCUT2D eigenvalue weighted by atomic mass is 9.95. The third-order valence-corrected chi connectivity index (χ3v) is 3.97. The summed E-state index contributed by atoms with van der Waals surface area (Å²) in [5.41, 5.74) is 12.7. The third-order valence-electron chi connectivity index (χ3n) is 3.97. The number of nitrogens with zero attached hydrogens (tertiary/aromatic N) is 2. The number of amides is 1. The van der Waals surface area contributed by atoms with Crippen LogP contribution in [0.1, 0.15) is 43.4 Å². The van der Waals surface area contributed by atoms with Crippen LogP contribution in [0.3, 0.4) is 0 Å². The van der Waals surface area contributed by atoms with Crippen LogP contribution in [0, 0.1) is 5.92 Å². The number of pyridine rings is 1. The lowest BCUT2D eigenvalue weighted by Gasteiger charge is -2.20. The zero-order valence-corrected chi connectivity index (χ0v) is 13.4. The first-order valence-electron chi connectivity index (χ1n) is 7.72. The van der Waals surface area contributed by atoms with Crippen molar-refractivity contribution in [2.75, 3.05) is 0 Å². The Bertz CT molecular complexity index is 660. The Balaban J connectivity index is 2.54. The Labute approximate surface area is 139 Å². The van der Waals surface area contributed by atoms with Gasteiger partial charge in [0, 0.05) is 36.1 Å². The number of hydrogen-bond acceptors (Lipinski definition) is 5. The first-order valence-corrected chi connectivity index (χ1v) is 7.72. The van der Waals surface area contributed by atoms with Crippen molar-refractivity contribution in [3.63, 3.8) is 0 Å². The molecule has 2 unspecified atom stereocenters. The van der Waals surface area contributed by atoms with Gasteiger partial charge in [0.25, 0.3) is 0 Å². The molecule has 2 bridgehead atoms. The Morgan fingerprint density at radius 1 is 1.42 bits per heavy atom. The minimum absolute atomic E-state index is 0.0280. The van der Waals surface area contributed by atoms with Crippen molar-refractivity contribution in [2.24, 2.45) is 22.4 Å². The highest BCUT2D eigenvalue weighted by Crippen LogP contribution is 2.22. The molecule has 0 saturated carbocycles. The number of alkyl halides is 2. The van der Waals surface area contributed by atoms with Gasteiger partial charge < -0.3 is 16.8 Å². The largest absolute Gasteiger partial charge is 0.403 e. The Hall–Kier alpha value is -2.35. The zero-order chi connectivity index (χ0) is 17.7. The van der Waals surface area contributed by atoms with E-state index in [1.165, 1.54) is 6.20 Å². The lowest BCUT2D eigenvalue weighted by molar-refractivity contribution is -0.123. The molecule has 1 amide bonds. The highest BCUT2D eigenvalue weighted by atomic mass is 19.3. The Kier molecular flexibility index (Phi) is 5.97. The molecule has 1 aliphatic heterocycles. The molecular weight excluding hydrogens is 316 g/mol. The molecule has 0 aliphatic carbocycles. The predicted molar refractivity (Wildman–Crippen MR) is 87.1 cm³/mol. The predicted octanol–water partition coefficient (Wildman–Crippen LogP) is 1.83. The summed E-state index contributed by atoms with van der Waals surface area (Å²) in [4.78, 5) is 19.6. The van der Waals surface area contributed by atoms with Crippen LogP contribution in [-0.2, 0) is 4.79 Å². The lowest BCUT2D eigenvalue weighted by Crippen LogP contribution is -2.33. The summed E-state index contributed by atoms with van der Waals surface area (Å²) in [7, 11) is 0. The molecule has 0 radical (unpaired) electrons. The van der Waals surface area contributed by atoms with Crippen LogP contribution in [0.2, 0.25) is 0 Å². The SMILES string of the molecule is CC1CCCC(N)c2cncc(c2)C(=NC(F)F)C(=CN)NC1=O. The van der Waals surface area contributed by atoms with E-state index in [1.807, 2.05) is 0 Å². The number of fused-ring (bicyclic) bond motifs is 2. The van der Waals surface area contributed by atoms with E-state index in [4.69, 9.17) is 11.5 Å². The molecule has 0 aromatic carbocycles. The van der Waals surface area contributed by atoms with Gasteiger partial charge in [-0.05, 0) is 24.5 Å². The second-order valence-electron chi connectivity index (χ2n) is 5.77. The number of hydrogen-bond donors (Lipinski definition) is 3. The van der Waals surface area contributed by atoms with Crippen molar-refractivity contribution in [3.05, 3.63) is 41.5 Å². The summed E-state index contributed by atoms with van der Waals surface area (Å²) < 4.78 is 25.8. The highest BCUT2D eigenvalue weighted by Gasteiger charge is 2.21. The van der Waals surface area contributed by atoms with Gasteiger partial charge >= 0.3 is 6.55 Å². The fraction of sp³-hybridized carbons (Fsp3) is 0.438. The monoisotopic (exact) mass is 337 g/mol. The van der Waals surface area contributed by atoms with Crippen molar-refractivity contribution in [1.29, 1.82) is 0 Å². The average Bonchev–Trinajstić information content (AvgIpc) is 2.56. The van der Waals surface area contributed by atoms with Crippen molar-refractivity contribution in [2.45, 2.75) is 38.8 Å². The van der Waals surface area contributed by atoms with Crippen LogP contribution >= 0.6 is 0 Å². The molecule has 2 heterocycles. The summed E-state index contributed by atoms with van der Waals surface area (Å²) in [6.07, 6.45) is 6.12. The summed E-state index contributed by atoms with van der Waals surface area (Å²) in [6, 6.07) is 1.37. The van der Waals surface area contributed by atoms with E-state index in [0.717, 1.165) is 18.2 Å². The number of carbonyl (C=O) groups is 1. The van der Waals surface area contributed by atoms with Gasteiger partial charge in [-0.15, -0.1) is 0 Å². The van der Waals surface area contributed by atoms with Crippen LogP contribution in [0.4, 0.5) is 8.78 Å². The maximum absolute atomic E-state index is 12.9. The van der Waals surface area contributed by atoms with Crippen molar-refractivity contribution < 1.29 is 13.6 Å². The quantitative estimate of drug-likeness (QED) is 0.680. The fourth-order valence-electron chi connectivity index (χ4n) is 2.56. The smallest absolute Gasteiger partial charge is 0.332 e. The first kappa shape index (κ1) is 18.0. The van der Waals surface area contributed by atoms with Crippen LogP contribution < -0.4 is 16.8 Å². The highest BCUT2D eigenvalue weighted by molar-refractivity contribution is 6.13. The van der Waals surface area contributed by atoms with Gasteiger partial charge in [0.1, 0.15) is 0 Å². The Morgan fingerprint density at radius 2 is 2.17 bits per heavy atom. The van der Waals surface area contributed by atoms with Gasteiger partial charge in [0.2, 0.25) is 5.91 Å². The summed E-state index contributed by atoms with van der Waals surface area (Å²) in [5, 5.41) is 2.58. The molecule has 0 spiro atoms.